The van der Waals surface area contributed by atoms with Gasteiger partial charge in [0.15, 0.2) is 11.8 Å². The fraction of sp³-hybridized carbons (Fsp3) is 0.560. The van der Waals surface area contributed by atoms with Gasteiger partial charge in [0.25, 0.3) is 5.91 Å². The third kappa shape index (κ3) is 6.08. The van der Waals surface area contributed by atoms with Gasteiger partial charge in [-0.25, -0.2) is 0 Å². The van der Waals surface area contributed by atoms with E-state index in [1.54, 1.807) is 31.2 Å². The number of amides is 2. The summed E-state index contributed by atoms with van der Waals surface area (Å²) in [7, 11) is 0. The SMILES string of the molecule is Cc1ccc(-c2nnn(CC(=O)N(CC3CCCO3)C(C(=O)NCC3CCCO3)c3ccc(C)o3)n2)o1. The molecule has 2 aliphatic rings. The smallest absolute Gasteiger partial charge is 0.250 e. The van der Waals surface area contributed by atoms with Crippen LogP contribution in [-0.2, 0) is 25.6 Å². The van der Waals surface area contributed by atoms with Gasteiger partial charge in [-0.3, -0.25) is 9.59 Å². The van der Waals surface area contributed by atoms with Crippen LogP contribution in [0, 0.1) is 13.8 Å². The third-order valence-electron chi connectivity index (χ3n) is 6.55. The quantitative estimate of drug-likeness (QED) is 0.433. The number of carbonyl (C=O) groups excluding carboxylic acids is 2. The lowest BCUT2D eigenvalue weighted by molar-refractivity contribution is -0.144. The van der Waals surface area contributed by atoms with Gasteiger partial charge in [0.1, 0.15) is 23.8 Å². The van der Waals surface area contributed by atoms with E-state index in [0.29, 0.717) is 37.0 Å². The average molecular weight is 513 g/mol. The van der Waals surface area contributed by atoms with Crippen LogP contribution in [0.15, 0.2) is 33.1 Å². The summed E-state index contributed by atoms with van der Waals surface area (Å²) >= 11 is 0. The van der Waals surface area contributed by atoms with Gasteiger partial charge in [-0.05, 0) is 69.0 Å². The molecule has 0 aliphatic carbocycles. The highest BCUT2D eigenvalue weighted by Crippen LogP contribution is 2.27. The normalized spacial score (nSPS) is 20.3. The molecule has 12 nitrogen and oxygen atoms in total. The summed E-state index contributed by atoms with van der Waals surface area (Å²) in [6.45, 7) is 5.32. The fourth-order valence-corrected chi connectivity index (χ4v) is 4.68. The summed E-state index contributed by atoms with van der Waals surface area (Å²) in [4.78, 5) is 30.0. The lowest BCUT2D eigenvalue weighted by Crippen LogP contribution is -2.48. The highest BCUT2D eigenvalue weighted by molar-refractivity contribution is 5.88. The summed E-state index contributed by atoms with van der Waals surface area (Å²) in [5, 5.41) is 15.3. The molecule has 3 atom stereocenters. The molecule has 0 bridgehead atoms. The second-order valence-corrected chi connectivity index (χ2v) is 9.47. The Hall–Kier alpha value is -3.51. The highest BCUT2D eigenvalue weighted by Gasteiger charge is 2.37. The number of rotatable bonds is 10. The van der Waals surface area contributed by atoms with Gasteiger partial charge in [0.05, 0.1) is 12.2 Å². The number of nitrogens with one attached hydrogen (secondary N) is 1. The summed E-state index contributed by atoms with van der Waals surface area (Å²) in [5.41, 5.74) is 0. The topological polar surface area (TPSA) is 138 Å². The second-order valence-electron chi connectivity index (χ2n) is 9.47. The summed E-state index contributed by atoms with van der Waals surface area (Å²) in [6.07, 6.45) is 3.34. The van der Waals surface area contributed by atoms with Crippen LogP contribution in [0.2, 0.25) is 0 Å². The molecule has 37 heavy (non-hydrogen) atoms. The summed E-state index contributed by atoms with van der Waals surface area (Å²) < 4.78 is 22.9. The lowest BCUT2D eigenvalue weighted by atomic mass is 10.1. The molecule has 5 heterocycles. The Bertz CT molecular complexity index is 1210. The Morgan fingerprint density at radius 3 is 2.43 bits per heavy atom. The van der Waals surface area contributed by atoms with Crippen molar-refractivity contribution in [3.05, 3.63) is 41.5 Å². The maximum atomic E-state index is 13.7. The maximum absolute atomic E-state index is 13.7. The number of aromatic nitrogens is 4. The van der Waals surface area contributed by atoms with Gasteiger partial charge >= 0.3 is 0 Å². The van der Waals surface area contributed by atoms with E-state index in [-0.39, 0.29) is 42.9 Å². The third-order valence-corrected chi connectivity index (χ3v) is 6.55. The van der Waals surface area contributed by atoms with E-state index in [9.17, 15) is 9.59 Å². The van der Waals surface area contributed by atoms with Crippen molar-refractivity contribution < 1.29 is 27.9 Å². The first-order chi connectivity index (χ1) is 18.0. The van der Waals surface area contributed by atoms with Crippen LogP contribution in [0.5, 0.6) is 0 Å². The monoisotopic (exact) mass is 512 g/mol. The predicted octanol–water partition coefficient (Wildman–Crippen LogP) is 2.19. The number of hydrogen-bond donors (Lipinski definition) is 1. The number of tetrazole rings is 1. The Labute approximate surface area is 214 Å². The number of carbonyl (C=O) groups is 2. The molecule has 1 N–H and O–H groups in total. The van der Waals surface area contributed by atoms with Crippen LogP contribution in [-0.4, -0.2) is 75.4 Å². The molecule has 198 valence electrons. The van der Waals surface area contributed by atoms with E-state index in [4.69, 9.17) is 18.3 Å². The molecule has 0 radical (unpaired) electrons. The zero-order valence-corrected chi connectivity index (χ0v) is 21.1. The van der Waals surface area contributed by atoms with Crippen molar-refractivity contribution in [2.24, 2.45) is 0 Å². The zero-order valence-electron chi connectivity index (χ0n) is 21.1. The lowest BCUT2D eigenvalue weighted by Gasteiger charge is -2.31. The van der Waals surface area contributed by atoms with Gasteiger partial charge in [-0.1, -0.05) is 0 Å². The first kappa shape index (κ1) is 25.2. The van der Waals surface area contributed by atoms with E-state index in [0.717, 1.165) is 31.4 Å². The molecular formula is C25H32N6O6. The van der Waals surface area contributed by atoms with Gasteiger partial charge < -0.3 is 28.5 Å². The number of nitrogens with zero attached hydrogens (tertiary/aromatic N) is 5. The van der Waals surface area contributed by atoms with Crippen molar-refractivity contribution in [3.63, 3.8) is 0 Å². The molecule has 2 fully saturated rings. The Balaban J connectivity index is 1.38. The van der Waals surface area contributed by atoms with Crippen molar-refractivity contribution in [1.29, 1.82) is 0 Å². The zero-order chi connectivity index (χ0) is 25.8. The van der Waals surface area contributed by atoms with Crippen molar-refractivity contribution in [2.45, 2.75) is 64.3 Å². The fourth-order valence-electron chi connectivity index (χ4n) is 4.68. The van der Waals surface area contributed by atoms with Crippen molar-refractivity contribution >= 4 is 11.8 Å². The van der Waals surface area contributed by atoms with Gasteiger partial charge in [0, 0.05) is 26.3 Å². The van der Waals surface area contributed by atoms with Gasteiger partial charge in [-0.15, -0.1) is 10.2 Å². The number of ether oxygens (including phenoxy) is 2. The number of aryl methyl sites for hydroxylation is 2. The average Bonchev–Trinajstić information content (AvgIpc) is 3.69. The molecule has 0 aromatic carbocycles. The predicted molar refractivity (Wildman–Crippen MR) is 129 cm³/mol. The molecule has 3 aromatic rings. The Morgan fingerprint density at radius 2 is 1.78 bits per heavy atom. The minimum atomic E-state index is -0.984. The molecule has 12 heteroatoms. The van der Waals surface area contributed by atoms with E-state index in [1.165, 1.54) is 9.70 Å². The maximum Gasteiger partial charge on any atom is 0.250 e. The Kier molecular flexibility index (Phi) is 7.65. The Morgan fingerprint density at radius 1 is 1.05 bits per heavy atom. The minimum Gasteiger partial charge on any atom is -0.464 e. The van der Waals surface area contributed by atoms with Crippen LogP contribution in [0.25, 0.3) is 11.6 Å². The molecule has 3 aromatic heterocycles. The minimum absolute atomic E-state index is 0.0340. The van der Waals surface area contributed by atoms with Crippen molar-refractivity contribution in [2.75, 3.05) is 26.3 Å². The van der Waals surface area contributed by atoms with E-state index in [1.807, 2.05) is 6.92 Å². The van der Waals surface area contributed by atoms with E-state index >= 15 is 0 Å². The van der Waals surface area contributed by atoms with Crippen LogP contribution in [0.4, 0.5) is 0 Å². The van der Waals surface area contributed by atoms with Crippen LogP contribution in [0.3, 0.4) is 0 Å². The first-order valence-corrected chi connectivity index (χ1v) is 12.7. The number of furan rings is 2. The van der Waals surface area contributed by atoms with Gasteiger partial charge in [-0.2, -0.15) is 4.80 Å². The van der Waals surface area contributed by atoms with E-state index in [2.05, 4.69) is 20.7 Å². The second kappa shape index (κ2) is 11.3. The molecule has 5 rings (SSSR count). The molecular weight excluding hydrogens is 480 g/mol. The van der Waals surface area contributed by atoms with Crippen LogP contribution in [0.1, 0.15) is 49.0 Å². The van der Waals surface area contributed by atoms with E-state index < -0.39 is 6.04 Å². The van der Waals surface area contributed by atoms with Gasteiger partial charge in [0.2, 0.25) is 11.7 Å². The molecule has 2 aliphatic heterocycles. The van der Waals surface area contributed by atoms with Crippen LogP contribution < -0.4 is 5.32 Å². The van der Waals surface area contributed by atoms with Crippen molar-refractivity contribution in [1.82, 2.24) is 30.4 Å². The molecule has 2 saturated heterocycles. The largest absolute Gasteiger partial charge is 0.464 e. The first-order valence-electron chi connectivity index (χ1n) is 12.7. The standard InChI is InChI=1S/C25H32N6O6/c1-16-7-9-20(36-16)23(25(33)26-13-18-5-3-11-34-18)30(14-19-6-4-12-35-19)22(32)15-31-28-24(27-29-31)21-10-8-17(2)37-21/h7-10,18-19,23H,3-6,11-15H2,1-2H3,(H,26,33). The molecule has 2 amide bonds. The van der Waals surface area contributed by atoms with Crippen LogP contribution >= 0.6 is 0 Å². The summed E-state index contributed by atoms with van der Waals surface area (Å²) in [5.74, 6) is 1.79. The molecule has 3 unspecified atom stereocenters. The highest BCUT2D eigenvalue weighted by atomic mass is 16.5. The van der Waals surface area contributed by atoms with Crippen molar-refractivity contribution in [3.8, 4) is 11.6 Å². The molecule has 0 saturated carbocycles. The molecule has 0 spiro atoms. The number of hydrogen-bond acceptors (Lipinski definition) is 9. The summed E-state index contributed by atoms with van der Waals surface area (Å²) in [6, 6.07) is 6.07.